The molecule has 0 aliphatic carbocycles. The van der Waals surface area contributed by atoms with Gasteiger partial charge in [0.1, 0.15) is 5.69 Å². The lowest BCUT2D eigenvalue weighted by molar-refractivity contribution is 0.102. The number of benzene rings is 2. The molecule has 6 heteroatoms. The highest BCUT2D eigenvalue weighted by atomic mass is 35.5. The van der Waals surface area contributed by atoms with Gasteiger partial charge in [-0.3, -0.25) is 9.78 Å². The van der Waals surface area contributed by atoms with Crippen molar-refractivity contribution in [2.75, 3.05) is 10.6 Å². The third-order valence-electron chi connectivity index (χ3n) is 3.26. The van der Waals surface area contributed by atoms with Gasteiger partial charge < -0.3 is 10.6 Å². The number of aromatic nitrogens is 1. The largest absolute Gasteiger partial charge is 0.353 e. The van der Waals surface area contributed by atoms with E-state index < -0.39 is 0 Å². The Labute approximate surface area is 149 Å². The summed E-state index contributed by atoms with van der Waals surface area (Å²) in [4.78, 5) is 16.4. The Morgan fingerprint density at radius 2 is 1.58 bits per heavy atom. The number of halogens is 2. The number of anilines is 3. The van der Waals surface area contributed by atoms with Crippen LogP contribution in [0.25, 0.3) is 0 Å². The second-order valence-electron chi connectivity index (χ2n) is 4.97. The molecule has 0 atom stereocenters. The maximum Gasteiger partial charge on any atom is 0.274 e. The normalized spacial score (nSPS) is 10.2. The molecule has 1 amide bonds. The first kappa shape index (κ1) is 16.3. The van der Waals surface area contributed by atoms with Crippen LogP contribution in [0.15, 0.2) is 66.9 Å². The van der Waals surface area contributed by atoms with E-state index in [1.807, 2.05) is 30.3 Å². The molecule has 24 heavy (non-hydrogen) atoms. The topological polar surface area (TPSA) is 54.0 Å². The van der Waals surface area contributed by atoms with Crippen LogP contribution in [-0.2, 0) is 0 Å². The summed E-state index contributed by atoms with van der Waals surface area (Å²) in [6, 6.07) is 17.8. The van der Waals surface area contributed by atoms with Gasteiger partial charge in [0.05, 0.1) is 15.7 Å². The molecule has 0 spiro atoms. The van der Waals surface area contributed by atoms with E-state index in [4.69, 9.17) is 23.2 Å². The maximum atomic E-state index is 12.3. The van der Waals surface area contributed by atoms with E-state index in [2.05, 4.69) is 15.6 Å². The van der Waals surface area contributed by atoms with E-state index in [9.17, 15) is 4.79 Å². The Balaban J connectivity index is 1.80. The van der Waals surface area contributed by atoms with Crippen LogP contribution >= 0.6 is 23.2 Å². The summed E-state index contributed by atoms with van der Waals surface area (Å²) in [5.74, 6) is -0.296. The fourth-order valence-corrected chi connectivity index (χ4v) is 2.60. The number of amides is 1. The van der Waals surface area contributed by atoms with Crippen molar-refractivity contribution >= 4 is 46.2 Å². The molecule has 1 aromatic heterocycles. The molecule has 0 radical (unpaired) electrons. The quantitative estimate of drug-likeness (QED) is 0.658. The molecule has 1 heterocycles. The molecule has 0 fully saturated rings. The summed E-state index contributed by atoms with van der Waals surface area (Å²) in [6.07, 6.45) is 1.55. The van der Waals surface area contributed by atoms with Crippen molar-refractivity contribution in [1.82, 2.24) is 4.98 Å². The molecule has 120 valence electrons. The number of nitrogens with zero attached hydrogens (tertiary/aromatic N) is 1. The van der Waals surface area contributed by atoms with Gasteiger partial charge in [0, 0.05) is 17.6 Å². The van der Waals surface area contributed by atoms with Crippen molar-refractivity contribution in [3.63, 3.8) is 0 Å². The summed E-state index contributed by atoms with van der Waals surface area (Å²) in [5.41, 5.74) is 2.24. The Hall–Kier alpha value is -2.56. The number of hydrogen-bond donors (Lipinski definition) is 2. The van der Waals surface area contributed by atoms with Crippen LogP contribution in [0.4, 0.5) is 17.1 Å². The van der Waals surface area contributed by atoms with Crippen molar-refractivity contribution in [3.8, 4) is 0 Å². The van der Waals surface area contributed by atoms with E-state index in [1.54, 1.807) is 36.5 Å². The molecule has 0 saturated heterocycles. The van der Waals surface area contributed by atoms with Crippen molar-refractivity contribution in [2.45, 2.75) is 0 Å². The zero-order chi connectivity index (χ0) is 16.9. The van der Waals surface area contributed by atoms with E-state index in [0.29, 0.717) is 27.1 Å². The molecule has 0 bridgehead atoms. The number of para-hydroxylation sites is 2. The van der Waals surface area contributed by atoms with Crippen LogP contribution < -0.4 is 10.6 Å². The molecule has 4 nitrogen and oxygen atoms in total. The highest BCUT2D eigenvalue weighted by Crippen LogP contribution is 2.32. The van der Waals surface area contributed by atoms with Crippen molar-refractivity contribution in [2.24, 2.45) is 0 Å². The highest BCUT2D eigenvalue weighted by molar-refractivity contribution is 6.39. The third-order valence-corrected chi connectivity index (χ3v) is 3.89. The lowest BCUT2D eigenvalue weighted by Gasteiger charge is -2.11. The molecule has 3 rings (SSSR count). The number of rotatable bonds is 4. The average Bonchev–Trinajstić information content (AvgIpc) is 2.59. The van der Waals surface area contributed by atoms with E-state index >= 15 is 0 Å². The first-order chi connectivity index (χ1) is 11.6. The van der Waals surface area contributed by atoms with Crippen LogP contribution in [0.5, 0.6) is 0 Å². The van der Waals surface area contributed by atoms with Gasteiger partial charge in [-0.2, -0.15) is 0 Å². The summed E-state index contributed by atoms with van der Waals surface area (Å²) >= 11 is 12.3. The number of carbonyl (C=O) groups is 1. The Bertz CT molecular complexity index is 849. The van der Waals surface area contributed by atoms with Crippen molar-refractivity contribution in [3.05, 3.63) is 82.6 Å². The smallest absolute Gasteiger partial charge is 0.274 e. The van der Waals surface area contributed by atoms with Crippen LogP contribution in [0.2, 0.25) is 10.0 Å². The molecular formula is C18H13Cl2N3O. The van der Waals surface area contributed by atoms with Gasteiger partial charge in [-0.1, -0.05) is 47.5 Å². The standard InChI is InChI=1S/C18H13Cl2N3O/c19-14-7-4-8-15(20)17(14)22-13-9-10-21-16(11-13)18(24)23-12-5-2-1-3-6-12/h1-11H,(H,21,22)(H,23,24). The zero-order valence-corrected chi connectivity index (χ0v) is 14.0. The minimum atomic E-state index is -0.296. The van der Waals surface area contributed by atoms with Gasteiger partial charge >= 0.3 is 0 Å². The van der Waals surface area contributed by atoms with Gasteiger partial charge in [-0.05, 0) is 36.4 Å². The van der Waals surface area contributed by atoms with Gasteiger partial charge in [-0.15, -0.1) is 0 Å². The van der Waals surface area contributed by atoms with Crippen LogP contribution in [-0.4, -0.2) is 10.9 Å². The maximum absolute atomic E-state index is 12.3. The summed E-state index contributed by atoms with van der Waals surface area (Å²) in [7, 11) is 0. The minimum Gasteiger partial charge on any atom is -0.353 e. The first-order valence-electron chi connectivity index (χ1n) is 7.17. The Kier molecular flexibility index (Phi) is 4.99. The van der Waals surface area contributed by atoms with Crippen molar-refractivity contribution < 1.29 is 4.79 Å². The monoisotopic (exact) mass is 357 g/mol. The van der Waals surface area contributed by atoms with E-state index in [1.165, 1.54) is 0 Å². The Morgan fingerprint density at radius 1 is 0.875 bits per heavy atom. The SMILES string of the molecule is O=C(Nc1ccccc1)c1cc(Nc2c(Cl)cccc2Cl)ccn1. The predicted octanol–water partition coefficient (Wildman–Crippen LogP) is 5.38. The average molecular weight is 358 g/mol. The molecule has 2 N–H and O–H groups in total. The van der Waals surface area contributed by atoms with Crippen LogP contribution in [0, 0.1) is 0 Å². The highest BCUT2D eigenvalue weighted by Gasteiger charge is 2.10. The minimum absolute atomic E-state index is 0.284. The third kappa shape index (κ3) is 3.85. The molecule has 0 aliphatic rings. The number of nitrogens with one attached hydrogen (secondary N) is 2. The lowest BCUT2D eigenvalue weighted by atomic mass is 10.2. The number of pyridine rings is 1. The molecular weight excluding hydrogens is 345 g/mol. The van der Waals surface area contributed by atoms with Gasteiger partial charge in [0.25, 0.3) is 5.91 Å². The fraction of sp³-hybridized carbons (Fsp3) is 0. The fourth-order valence-electron chi connectivity index (χ4n) is 2.11. The van der Waals surface area contributed by atoms with E-state index in [-0.39, 0.29) is 11.6 Å². The first-order valence-corrected chi connectivity index (χ1v) is 7.92. The molecule has 2 aromatic carbocycles. The summed E-state index contributed by atoms with van der Waals surface area (Å²) < 4.78 is 0. The predicted molar refractivity (Wildman–Crippen MR) is 98.4 cm³/mol. The van der Waals surface area contributed by atoms with Crippen LogP contribution in [0.1, 0.15) is 10.5 Å². The molecule has 3 aromatic rings. The van der Waals surface area contributed by atoms with Gasteiger partial charge in [0.15, 0.2) is 0 Å². The van der Waals surface area contributed by atoms with Gasteiger partial charge in [0.2, 0.25) is 0 Å². The number of hydrogen-bond acceptors (Lipinski definition) is 3. The lowest BCUT2D eigenvalue weighted by Crippen LogP contribution is -2.13. The molecule has 0 aliphatic heterocycles. The summed E-state index contributed by atoms with van der Waals surface area (Å²) in [5, 5.41) is 6.90. The molecule has 0 saturated carbocycles. The Morgan fingerprint density at radius 3 is 2.29 bits per heavy atom. The second kappa shape index (κ2) is 7.34. The van der Waals surface area contributed by atoms with E-state index in [0.717, 1.165) is 0 Å². The zero-order valence-electron chi connectivity index (χ0n) is 12.5. The van der Waals surface area contributed by atoms with Crippen LogP contribution in [0.3, 0.4) is 0 Å². The van der Waals surface area contributed by atoms with Gasteiger partial charge in [-0.25, -0.2) is 0 Å². The van der Waals surface area contributed by atoms with Crippen molar-refractivity contribution in [1.29, 1.82) is 0 Å². The molecule has 0 unspecified atom stereocenters. The number of carbonyl (C=O) groups excluding carboxylic acids is 1. The summed E-state index contributed by atoms with van der Waals surface area (Å²) in [6.45, 7) is 0. The second-order valence-corrected chi connectivity index (χ2v) is 5.79.